The number of fused-ring (bicyclic) bond motifs is 1. The molecule has 9 heteroatoms. The van der Waals surface area contributed by atoms with Crippen LogP contribution in [0.25, 0.3) is 11.7 Å². The molecule has 0 unspecified atom stereocenters. The fraction of sp³-hybridized carbons (Fsp3) is 0.200. The number of nitrogens with one attached hydrogen (secondary N) is 1. The predicted octanol–water partition coefficient (Wildman–Crippen LogP) is 3.43. The molecule has 0 radical (unpaired) electrons. The van der Waals surface area contributed by atoms with Gasteiger partial charge in [-0.05, 0) is 43.7 Å². The average Bonchev–Trinajstić information content (AvgIpc) is 3.30. The number of hydrogen-bond donors (Lipinski definition) is 1. The van der Waals surface area contributed by atoms with E-state index in [1.54, 1.807) is 36.7 Å². The van der Waals surface area contributed by atoms with E-state index in [0.29, 0.717) is 38.6 Å². The number of aromatic nitrogens is 2. The van der Waals surface area contributed by atoms with E-state index in [2.05, 4.69) is 10.3 Å². The van der Waals surface area contributed by atoms with Crippen molar-refractivity contribution in [1.29, 1.82) is 0 Å². The number of rotatable bonds is 5. The van der Waals surface area contributed by atoms with Crippen LogP contribution in [0.4, 0.5) is 5.82 Å². The lowest BCUT2D eigenvalue weighted by Gasteiger charge is -2.12. The second-order valence-electron chi connectivity index (χ2n) is 6.49. The number of pyridine rings is 1. The van der Waals surface area contributed by atoms with Gasteiger partial charge < -0.3 is 9.73 Å². The molecule has 0 atom stereocenters. The predicted molar refractivity (Wildman–Crippen MR) is 118 cm³/mol. The van der Waals surface area contributed by atoms with Crippen LogP contribution in [0.1, 0.15) is 23.8 Å². The van der Waals surface area contributed by atoms with E-state index < -0.39 is 0 Å². The minimum absolute atomic E-state index is 0.244. The van der Waals surface area contributed by atoms with Gasteiger partial charge >= 0.3 is 0 Å². The topological polar surface area (TPSA) is 79.9 Å². The minimum Gasteiger partial charge on any atom is -0.467 e. The molecule has 1 N–H and O–H groups in total. The Labute approximate surface area is 176 Å². The molecule has 0 spiro atoms. The first-order chi connectivity index (χ1) is 14.0. The second-order valence-corrected chi connectivity index (χ2v) is 8.17. The Morgan fingerprint density at radius 2 is 2.14 bits per heavy atom. The molecule has 3 aromatic heterocycles. The number of hydrogen-bond acceptors (Lipinski definition) is 7. The molecule has 1 amide bonds. The molecule has 1 fully saturated rings. The highest BCUT2D eigenvalue weighted by molar-refractivity contribution is 8.26. The summed E-state index contributed by atoms with van der Waals surface area (Å²) in [5.41, 5.74) is 1.56. The van der Waals surface area contributed by atoms with E-state index in [1.807, 2.05) is 19.9 Å². The third-order valence-corrected chi connectivity index (χ3v) is 5.77. The molecular weight excluding hydrogens is 408 g/mol. The lowest BCUT2D eigenvalue weighted by atomic mass is 10.2. The fourth-order valence-corrected chi connectivity index (χ4v) is 4.25. The standard InChI is InChI=1S/C20H18N4O3S2/c1-3-21-17-14(18(25)23-10-12(2)6-7-16(23)22-17)9-15-19(26)24(20(28)29-15)11-13-5-4-8-27-13/h4-10,21H,3,11H2,1-2H3. The molecule has 1 saturated heterocycles. The molecule has 4 rings (SSSR count). The summed E-state index contributed by atoms with van der Waals surface area (Å²) in [7, 11) is 0. The van der Waals surface area contributed by atoms with Crippen molar-refractivity contribution in [2.75, 3.05) is 11.9 Å². The summed E-state index contributed by atoms with van der Waals surface area (Å²) in [5.74, 6) is 0.823. The van der Waals surface area contributed by atoms with E-state index in [4.69, 9.17) is 16.6 Å². The van der Waals surface area contributed by atoms with Crippen LogP contribution in [-0.2, 0) is 11.3 Å². The van der Waals surface area contributed by atoms with E-state index in [0.717, 1.165) is 5.56 Å². The first-order valence-corrected chi connectivity index (χ1v) is 10.2. The van der Waals surface area contributed by atoms with Crippen LogP contribution in [0.2, 0.25) is 0 Å². The van der Waals surface area contributed by atoms with Crippen LogP contribution >= 0.6 is 24.0 Å². The van der Waals surface area contributed by atoms with Gasteiger partial charge in [-0.1, -0.05) is 30.0 Å². The Bertz CT molecular complexity index is 1200. The van der Waals surface area contributed by atoms with E-state index >= 15 is 0 Å². The highest BCUT2D eigenvalue weighted by atomic mass is 32.2. The van der Waals surface area contributed by atoms with Crippen molar-refractivity contribution >= 4 is 51.7 Å². The van der Waals surface area contributed by atoms with Crippen molar-refractivity contribution in [2.45, 2.75) is 20.4 Å². The number of furan rings is 1. The van der Waals surface area contributed by atoms with E-state index in [-0.39, 0.29) is 18.0 Å². The van der Waals surface area contributed by atoms with Crippen molar-refractivity contribution in [1.82, 2.24) is 14.3 Å². The smallest absolute Gasteiger partial charge is 0.267 e. The number of amides is 1. The van der Waals surface area contributed by atoms with Crippen LogP contribution in [-0.4, -0.2) is 31.1 Å². The van der Waals surface area contributed by atoms with Gasteiger partial charge in [0.2, 0.25) is 0 Å². The highest BCUT2D eigenvalue weighted by Gasteiger charge is 2.33. The Balaban J connectivity index is 1.78. The maximum atomic E-state index is 13.1. The number of anilines is 1. The van der Waals surface area contributed by atoms with Gasteiger partial charge in [0.15, 0.2) is 0 Å². The number of nitrogens with zero attached hydrogens (tertiary/aromatic N) is 3. The van der Waals surface area contributed by atoms with Crippen LogP contribution in [0.3, 0.4) is 0 Å². The summed E-state index contributed by atoms with van der Waals surface area (Å²) in [6.45, 7) is 4.67. The molecule has 0 saturated carbocycles. The Kier molecular flexibility index (Phi) is 5.25. The van der Waals surface area contributed by atoms with Gasteiger partial charge in [0.25, 0.3) is 11.5 Å². The van der Waals surface area contributed by atoms with Crippen molar-refractivity contribution in [3.8, 4) is 0 Å². The molecule has 4 heterocycles. The second kappa shape index (κ2) is 7.84. The van der Waals surface area contributed by atoms with Gasteiger partial charge in [0.05, 0.1) is 23.3 Å². The van der Waals surface area contributed by atoms with Crippen molar-refractivity contribution < 1.29 is 9.21 Å². The van der Waals surface area contributed by atoms with Crippen LogP contribution in [0.5, 0.6) is 0 Å². The molecule has 0 aromatic carbocycles. The summed E-state index contributed by atoms with van der Waals surface area (Å²) < 4.78 is 7.23. The minimum atomic E-state index is -0.257. The Morgan fingerprint density at radius 3 is 2.86 bits per heavy atom. The van der Waals surface area contributed by atoms with Gasteiger partial charge in [-0.15, -0.1) is 0 Å². The summed E-state index contributed by atoms with van der Waals surface area (Å²) in [6, 6.07) is 7.24. The SMILES string of the molecule is CCNc1nc2ccc(C)cn2c(=O)c1C=C1SC(=S)N(Cc2ccco2)C1=O. The van der Waals surface area contributed by atoms with Crippen molar-refractivity contribution in [3.05, 3.63) is 68.9 Å². The molecule has 3 aromatic rings. The zero-order valence-electron chi connectivity index (χ0n) is 15.8. The fourth-order valence-electron chi connectivity index (χ4n) is 3.02. The summed E-state index contributed by atoms with van der Waals surface area (Å²) in [6.07, 6.45) is 4.86. The van der Waals surface area contributed by atoms with Crippen LogP contribution in [0, 0.1) is 6.92 Å². The number of aryl methyl sites for hydroxylation is 1. The van der Waals surface area contributed by atoms with E-state index in [1.165, 1.54) is 21.1 Å². The molecule has 1 aliphatic rings. The maximum absolute atomic E-state index is 13.1. The average molecular weight is 427 g/mol. The quantitative estimate of drug-likeness (QED) is 0.495. The summed E-state index contributed by atoms with van der Waals surface area (Å²) in [5, 5.41) is 3.12. The van der Waals surface area contributed by atoms with Gasteiger partial charge in [0.1, 0.15) is 21.5 Å². The molecule has 7 nitrogen and oxygen atoms in total. The summed E-state index contributed by atoms with van der Waals surface area (Å²) in [4.78, 5) is 32.5. The van der Waals surface area contributed by atoms with Gasteiger partial charge in [0, 0.05) is 12.7 Å². The first kappa shape index (κ1) is 19.4. The summed E-state index contributed by atoms with van der Waals surface area (Å²) >= 11 is 6.53. The van der Waals surface area contributed by atoms with Crippen LogP contribution < -0.4 is 10.9 Å². The lowest BCUT2D eigenvalue weighted by molar-refractivity contribution is -0.122. The largest absolute Gasteiger partial charge is 0.467 e. The van der Waals surface area contributed by atoms with Gasteiger partial charge in [-0.2, -0.15) is 0 Å². The van der Waals surface area contributed by atoms with Gasteiger partial charge in [-0.25, -0.2) is 4.98 Å². The highest BCUT2D eigenvalue weighted by Crippen LogP contribution is 2.34. The molecular formula is C20H18N4O3S2. The molecule has 148 valence electrons. The third kappa shape index (κ3) is 3.70. The normalized spacial score (nSPS) is 15.7. The maximum Gasteiger partial charge on any atom is 0.267 e. The first-order valence-electron chi connectivity index (χ1n) is 9.02. The number of thiocarbonyl (C=S) groups is 1. The number of carbonyl (C=O) groups is 1. The molecule has 1 aliphatic heterocycles. The molecule has 0 aliphatic carbocycles. The lowest BCUT2D eigenvalue weighted by Crippen LogP contribution is -2.27. The Morgan fingerprint density at radius 1 is 1.31 bits per heavy atom. The number of thioether (sulfide) groups is 1. The van der Waals surface area contributed by atoms with Crippen molar-refractivity contribution in [3.63, 3.8) is 0 Å². The van der Waals surface area contributed by atoms with Crippen LogP contribution in [0.15, 0.2) is 50.8 Å². The van der Waals surface area contributed by atoms with Gasteiger partial charge in [-0.3, -0.25) is 18.9 Å². The van der Waals surface area contributed by atoms with E-state index in [9.17, 15) is 9.59 Å². The monoisotopic (exact) mass is 426 g/mol. The zero-order valence-corrected chi connectivity index (χ0v) is 17.5. The molecule has 29 heavy (non-hydrogen) atoms. The third-order valence-electron chi connectivity index (χ3n) is 4.39. The zero-order chi connectivity index (χ0) is 20.5. The van der Waals surface area contributed by atoms with Crippen molar-refractivity contribution in [2.24, 2.45) is 0 Å². The molecule has 0 bridgehead atoms. The Hall–Kier alpha value is -2.91. The number of carbonyl (C=O) groups excluding carboxylic acids is 1.